The zero-order chi connectivity index (χ0) is 24.3. The SMILES string of the molecule is CC(=O)N[C@H]1[C@@H](O[C@H]2[C@H](NC(C)=O)[C@@H](C)OC(O)[C@@H]2NC(C)=O)O[C@H](C(=O)O)[C@H](O)[C@@H]1O. The van der Waals surface area contributed by atoms with Crippen molar-refractivity contribution in [2.75, 3.05) is 0 Å². The van der Waals surface area contributed by atoms with Gasteiger partial charge in [-0.1, -0.05) is 0 Å². The van der Waals surface area contributed by atoms with Gasteiger partial charge in [-0.15, -0.1) is 0 Å². The van der Waals surface area contributed by atoms with E-state index in [1.165, 1.54) is 20.8 Å². The summed E-state index contributed by atoms with van der Waals surface area (Å²) >= 11 is 0. The molecule has 3 amide bonds. The number of aliphatic hydroxyl groups excluding tert-OH is 3. The molecule has 2 rings (SSSR count). The number of amides is 3. The number of ether oxygens (including phenoxy) is 3. The number of carboxylic acid groups (broad SMARTS) is 1. The largest absolute Gasteiger partial charge is 0.479 e. The molecule has 0 spiro atoms. The monoisotopic (exact) mass is 463 g/mol. The van der Waals surface area contributed by atoms with Crippen LogP contribution in [0.25, 0.3) is 0 Å². The molecule has 10 atom stereocenters. The Balaban J connectivity index is 2.43. The maximum Gasteiger partial charge on any atom is 0.335 e. The van der Waals surface area contributed by atoms with Crippen LogP contribution in [0.15, 0.2) is 0 Å². The second kappa shape index (κ2) is 10.5. The number of carbonyl (C=O) groups excluding carboxylic acids is 3. The summed E-state index contributed by atoms with van der Waals surface area (Å²) in [5.41, 5.74) is 0. The van der Waals surface area contributed by atoms with Crippen LogP contribution in [-0.2, 0) is 33.4 Å². The Morgan fingerprint density at radius 3 is 1.78 bits per heavy atom. The van der Waals surface area contributed by atoms with E-state index in [2.05, 4.69) is 16.0 Å². The predicted octanol–water partition coefficient (Wildman–Crippen LogP) is -3.85. The van der Waals surface area contributed by atoms with Gasteiger partial charge in [0.2, 0.25) is 17.7 Å². The summed E-state index contributed by atoms with van der Waals surface area (Å²) in [5, 5.41) is 47.6. The highest BCUT2D eigenvalue weighted by Crippen LogP contribution is 2.29. The molecule has 32 heavy (non-hydrogen) atoms. The van der Waals surface area contributed by atoms with Gasteiger partial charge >= 0.3 is 5.97 Å². The summed E-state index contributed by atoms with van der Waals surface area (Å²) in [6.45, 7) is 5.04. The minimum atomic E-state index is -1.90. The van der Waals surface area contributed by atoms with E-state index in [0.717, 1.165) is 6.92 Å². The van der Waals surface area contributed by atoms with Crippen molar-refractivity contribution in [1.82, 2.24) is 16.0 Å². The average molecular weight is 463 g/mol. The minimum absolute atomic E-state index is 0.487. The molecule has 0 aliphatic carbocycles. The third kappa shape index (κ3) is 5.90. The predicted molar refractivity (Wildman–Crippen MR) is 103 cm³/mol. The van der Waals surface area contributed by atoms with E-state index in [0.29, 0.717) is 0 Å². The van der Waals surface area contributed by atoms with Crippen LogP contribution >= 0.6 is 0 Å². The van der Waals surface area contributed by atoms with Crippen LogP contribution in [0.1, 0.15) is 27.7 Å². The lowest BCUT2D eigenvalue weighted by atomic mass is 9.93. The van der Waals surface area contributed by atoms with Crippen LogP contribution in [0.3, 0.4) is 0 Å². The van der Waals surface area contributed by atoms with E-state index in [1.807, 2.05) is 0 Å². The molecular formula is C18H29N3O11. The number of hydrogen-bond donors (Lipinski definition) is 7. The van der Waals surface area contributed by atoms with E-state index < -0.39 is 84.9 Å². The topological polar surface area (TPSA) is 213 Å². The lowest BCUT2D eigenvalue weighted by Crippen LogP contribution is -2.71. The summed E-state index contributed by atoms with van der Waals surface area (Å²) in [5.74, 6) is -3.28. The van der Waals surface area contributed by atoms with Gasteiger partial charge in [-0.3, -0.25) is 14.4 Å². The second-order valence-electron chi connectivity index (χ2n) is 7.76. The summed E-state index contributed by atoms with van der Waals surface area (Å²) in [4.78, 5) is 46.6. The summed E-state index contributed by atoms with van der Waals surface area (Å²) in [7, 11) is 0. The van der Waals surface area contributed by atoms with Gasteiger partial charge in [-0.05, 0) is 6.92 Å². The highest BCUT2D eigenvalue weighted by molar-refractivity contribution is 5.75. The van der Waals surface area contributed by atoms with Gasteiger partial charge in [0.25, 0.3) is 0 Å². The molecule has 1 unspecified atom stereocenters. The molecule has 7 N–H and O–H groups in total. The molecule has 2 aliphatic heterocycles. The van der Waals surface area contributed by atoms with Crippen molar-refractivity contribution in [2.24, 2.45) is 0 Å². The normalized spacial score (nSPS) is 39.6. The van der Waals surface area contributed by atoms with Gasteiger partial charge in [-0.25, -0.2) is 4.79 Å². The number of rotatable bonds is 6. The third-order valence-corrected chi connectivity index (χ3v) is 5.12. The molecule has 14 heteroatoms. The Morgan fingerprint density at radius 1 is 0.781 bits per heavy atom. The van der Waals surface area contributed by atoms with E-state index >= 15 is 0 Å². The number of aliphatic carboxylic acids is 1. The van der Waals surface area contributed by atoms with E-state index in [9.17, 15) is 39.6 Å². The molecular weight excluding hydrogens is 434 g/mol. The first-order valence-electron chi connectivity index (χ1n) is 9.88. The Kier molecular flexibility index (Phi) is 8.50. The zero-order valence-electron chi connectivity index (χ0n) is 17.9. The summed E-state index contributed by atoms with van der Waals surface area (Å²) < 4.78 is 16.6. The fourth-order valence-electron chi connectivity index (χ4n) is 3.76. The van der Waals surface area contributed by atoms with Gasteiger partial charge in [0.15, 0.2) is 18.7 Å². The van der Waals surface area contributed by atoms with Gasteiger partial charge in [0, 0.05) is 20.8 Å². The number of carbonyl (C=O) groups is 4. The third-order valence-electron chi connectivity index (χ3n) is 5.12. The molecule has 0 aromatic heterocycles. The highest BCUT2D eigenvalue weighted by Gasteiger charge is 2.52. The maximum atomic E-state index is 11.7. The smallest absolute Gasteiger partial charge is 0.335 e. The molecule has 0 aromatic rings. The van der Waals surface area contributed by atoms with Crippen molar-refractivity contribution in [1.29, 1.82) is 0 Å². The Hall–Kier alpha value is -2.36. The van der Waals surface area contributed by atoms with Crippen molar-refractivity contribution in [2.45, 2.75) is 88.9 Å². The molecule has 0 aromatic carbocycles. The molecule has 2 heterocycles. The molecule has 2 aliphatic rings. The number of nitrogens with one attached hydrogen (secondary N) is 3. The number of hydrogen-bond acceptors (Lipinski definition) is 10. The van der Waals surface area contributed by atoms with Crippen LogP contribution in [-0.4, -0.2) is 105 Å². The van der Waals surface area contributed by atoms with Crippen LogP contribution in [0.4, 0.5) is 0 Å². The molecule has 0 radical (unpaired) electrons. The van der Waals surface area contributed by atoms with Crippen molar-refractivity contribution >= 4 is 23.7 Å². The van der Waals surface area contributed by atoms with Crippen LogP contribution in [0.5, 0.6) is 0 Å². The van der Waals surface area contributed by atoms with Gasteiger partial charge in [-0.2, -0.15) is 0 Å². The minimum Gasteiger partial charge on any atom is -0.479 e. The fourth-order valence-corrected chi connectivity index (χ4v) is 3.76. The molecule has 2 saturated heterocycles. The lowest BCUT2D eigenvalue weighted by molar-refractivity contribution is -0.302. The van der Waals surface area contributed by atoms with E-state index in [4.69, 9.17) is 14.2 Å². The van der Waals surface area contributed by atoms with Crippen LogP contribution in [0, 0.1) is 0 Å². The first kappa shape index (κ1) is 25.9. The summed E-state index contributed by atoms with van der Waals surface area (Å²) in [6.07, 6.45) is -10.9. The van der Waals surface area contributed by atoms with E-state index in [1.54, 1.807) is 0 Å². The van der Waals surface area contributed by atoms with Crippen molar-refractivity contribution in [3.8, 4) is 0 Å². The lowest BCUT2D eigenvalue weighted by Gasteiger charge is -2.48. The van der Waals surface area contributed by atoms with Crippen molar-refractivity contribution in [3.05, 3.63) is 0 Å². The van der Waals surface area contributed by atoms with Crippen molar-refractivity contribution in [3.63, 3.8) is 0 Å². The Bertz CT molecular complexity index is 707. The first-order chi connectivity index (χ1) is 14.8. The van der Waals surface area contributed by atoms with Crippen LogP contribution in [0.2, 0.25) is 0 Å². The standard InChI is InChI=1S/C18H29N3O11/c1-5-9(19-6(2)22)14(11(17(29)30-5)21-8(4)24)31-18-10(20-7(3)23)12(25)13(26)15(32-18)16(27)28/h5,9-15,17-18,25-26,29H,1-4H3,(H,19,22)(H,20,23)(H,21,24)(H,27,28)/t5-,9-,10-,11-,12-,13-,14+,15+,17?,18+/m1/s1. The van der Waals surface area contributed by atoms with Crippen LogP contribution < -0.4 is 16.0 Å². The maximum absolute atomic E-state index is 11.7. The number of carboxylic acids is 1. The van der Waals surface area contributed by atoms with Crippen molar-refractivity contribution < 1.29 is 53.8 Å². The summed E-state index contributed by atoms with van der Waals surface area (Å²) in [6, 6.07) is -3.61. The average Bonchev–Trinajstić information content (AvgIpc) is 2.65. The molecule has 14 nitrogen and oxygen atoms in total. The Labute approximate surface area is 183 Å². The zero-order valence-corrected chi connectivity index (χ0v) is 17.9. The Morgan fingerprint density at radius 2 is 1.28 bits per heavy atom. The quantitative estimate of drug-likeness (QED) is 0.202. The molecule has 2 fully saturated rings. The molecule has 182 valence electrons. The number of aliphatic hydroxyl groups is 3. The highest BCUT2D eigenvalue weighted by atomic mass is 16.7. The van der Waals surface area contributed by atoms with Gasteiger partial charge < -0.3 is 50.6 Å². The fraction of sp³-hybridized carbons (Fsp3) is 0.778. The van der Waals surface area contributed by atoms with E-state index in [-0.39, 0.29) is 0 Å². The van der Waals surface area contributed by atoms with Gasteiger partial charge in [0.05, 0.1) is 12.1 Å². The second-order valence-corrected chi connectivity index (χ2v) is 7.76. The molecule has 0 saturated carbocycles. The molecule has 0 bridgehead atoms. The first-order valence-corrected chi connectivity index (χ1v) is 9.88. The van der Waals surface area contributed by atoms with Gasteiger partial charge in [0.1, 0.15) is 30.4 Å².